The maximum Gasteiger partial charge on any atom is 0.407 e. The molecule has 2 saturated carbocycles. The summed E-state index contributed by atoms with van der Waals surface area (Å²) in [5.41, 5.74) is 4.24. The standard InChI is InChI=1S/C44H60N10O10/c1-7-8-18-61-43(59)46-22-35-40(33-14-16-36(26(4)47-33)63-31-11-9-10-28(19-31)41(55)56)50-52-54(35)23-30-13-12-29(42(57)58)20-38(30)64-37-17-15-32(48-27(37)5)39-34(53(6)51-49-39)21-45-44(60)62-24-25(2)3/h14-17,25,28-31,38H,7-13,18-24H2,1-6H3,(H,45,60)(H,46,59)(H,55,56)(H,57,58)/t28-,29?,30?,31-,38+/m0/s1. The van der Waals surface area contributed by atoms with E-state index in [1.165, 1.54) is 0 Å². The summed E-state index contributed by atoms with van der Waals surface area (Å²) in [5, 5.41) is 42.7. The Bertz CT molecular complexity index is 2260. The number of nitrogens with one attached hydrogen (secondary N) is 2. The lowest BCUT2D eigenvalue weighted by Gasteiger charge is -2.35. The molecule has 0 saturated heterocycles. The van der Waals surface area contributed by atoms with E-state index < -0.39 is 42.1 Å². The summed E-state index contributed by atoms with van der Waals surface area (Å²) in [5.74, 6) is -1.79. The fraction of sp³-hybridized carbons (Fsp3) is 0.591. The molecule has 2 fully saturated rings. The maximum absolute atomic E-state index is 12.8. The maximum atomic E-state index is 12.8. The van der Waals surface area contributed by atoms with Crippen molar-refractivity contribution >= 4 is 24.1 Å². The molecule has 6 rings (SSSR count). The van der Waals surface area contributed by atoms with Crippen LogP contribution in [0.2, 0.25) is 0 Å². The van der Waals surface area contributed by atoms with Crippen molar-refractivity contribution in [2.45, 2.75) is 124 Å². The van der Waals surface area contributed by atoms with Gasteiger partial charge in [-0.05, 0) is 95.4 Å². The first-order valence-electron chi connectivity index (χ1n) is 22.1. The second-order valence-corrected chi connectivity index (χ2v) is 17.0. The molecule has 20 nitrogen and oxygen atoms in total. The van der Waals surface area contributed by atoms with Crippen molar-refractivity contribution in [2.75, 3.05) is 13.2 Å². The monoisotopic (exact) mass is 888 g/mol. The summed E-state index contributed by atoms with van der Waals surface area (Å²) in [7, 11) is 1.72. The normalized spacial score (nSPS) is 19.8. The number of amides is 2. The average molecular weight is 889 g/mol. The Morgan fingerprint density at radius 2 is 1.39 bits per heavy atom. The summed E-state index contributed by atoms with van der Waals surface area (Å²) in [6, 6.07) is 7.08. The Balaban J connectivity index is 1.22. The molecular weight excluding hydrogens is 829 g/mol. The minimum Gasteiger partial charge on any atom is -0.489 e. The van der Waals surface area contributed by atoms with Gasteiger partial charge in [0.15, 0.2) is 0 Å². The van der Waals surface area contributed by atoms with E-state index in [2.05, 4.69) is 31.3 Å². The van der Waals surface area contributed by atoms with Gasteiger partial charge in [-0.15, -0.1) is 10.2 Å². The van der Waals surface area contributed by atoms with E-state index in [0.29, 0.717) is 89.3 Å². The highest BCUT2D eigenvalue weighted by Crippen LogP contribution is 2.36. The lowest BCUT2D eigenvalue weighted by atomic mass is 9.79. The number of aliphatic carboxylic acids is 2. The van der Waals surface area contributed by atoms with Gasteiger partial charge in [-0.3, -0.25) is 9.59 Å². The highest BCUT2D eigenvalue weighted by atomic mass is 16.6. The lowest BCUT2D eigenvalue weighted by molar-refractivity contribution is -0.145. The summed E-state index contributed by atoms with van der Waals surface area (Å²) in [4.78, 5) is 58.6. The largest absolute Gasteiger partial charge is 0.489 e. The van der Waals surface area contributed by atoms with E-state index in [1.54, 1.807) is 47.6 Å². The van der Waals surface area contributed by atoms with Crippen LogP contribution in [0.25, 0.3) is 22.8 Å². The number of carboxylic acids is 2. The van der Waals surface area contributed by atoms with Gasteiger partial charge in [0.05, 0.1) is 78.4 Å². The van der Waals surface area contributed by atoms with Crippen LogP contribution >= 0.6 is 0 Å². The first-order valence-corrected chi connectivity index (χ1v) is 22.1. The number of pyridine rings is 2. The highest BCUT2D eigenvalue weighted by Gasteiger charge is 2.37. The molecule has 2 unspecified atom stereocenters. The van der Waals surface area contributed by atoms with Gasteiger partial charge in [-0.25, -0.2) is 28.9 Å². The molecule has 0 radical (unpaired) electrons. The van der Waals surface area contributed by atoms with Crippen LogP contribution in [0.5, 0.6) is 11.5 Å². The number of rotatable bonds is 19. The SMILES string of the molecule is CCCCOC(=O)NCc1c(-c2ccc(O[C@H]3CCC[C@H](C(=O)O)C3)c(C)n2)nnn1CC1CCC(C(=O)O)C[C@H]1Oc1ccc(-c2nnn(C)c2CNC(=O)OCC(C)C)nc1C. The van der Waals surface area contributed by atoms with E-state index in [-0.39, 0.29) is 50.7 Å². The molecule has 4 N–H and O–H groups in total. The molecule has 64 heavy (non-hydrogen) atoms. The second kappa shape index (κ2) is 21.8. The number of aryl methyl sites for hydroxylation is 3. The number of carbonyl (C=O) groups is 4. The molecule has 346 valence electrons. The van der Waals surface area contributed by atoms with Gasteiger partial charge in [-0.1, -0.05) is 37.6 Å². The molecule has 5 atom stereocenters. The van der Waals surface area contributed by atoms with E-state index in [1.807, 2.05) is 27.7 Å². The Hall–Kier alpha value is -6.34. The molecule has 4 heterocycles. The number of hydrogen-bond acceptors (Lipinski definition) is 14. The zero-order valence-electron chi connectivity index (χ0n) is 37.4. The van der Waals surface area contributed by atoms with Crippen molar-refractivity contribution in [2.24, 2.45) is 30.7 Å². The van der Waals surface area contributed by atoms with Crippen LogP contribution in [-0.4, -0.2) is 99.7 Å². The smallest absolute Gasteiger partial charge is 0.407 e. The third-order valence-corrected chi connectivity index (χ3v) is 11.7. The van der Waals surface area contributed by atoms with Gasteiger partial charge in [0.2, 0.25) is 0 Å². The Labute approximate surface area is 371 Å². The quantitative estimate of drug-likeness (QED) is 0.0784. The molecule has 0 spiro atoms. The summed E-state index contributed by atoms with van der Waals surface area (Å²) in [6.45, 7) is 10.5. The lowest BCUT2D eigenvalue weighted by Crippen LogP contribution is -2.39. The molecular formula is C44H60N10O10. The summed E-state index contributed by atoms with van der Waals surface area (Å²) >= 11 is 0. The Kier molecular flexibility index (Phi) is 16.1. The van der Waals surface area contributed by atoms with Gasteiger partial charge in [0, 0.05) is 19.5 Å². The number of hydrogen-bond donors (Lipinski definition) is 4. The number of carboxylic acid groups (broad SMARTS) is 2. The van der Waals surface area contributed by atoms with Gasteiger partial charge in [0.1, 0.15) is 29.0 Å². The fourth-order valence-corrected chi connectivity index (χ4v) is 8.01. The van der Waals surface area contributed by atoms with Crippen molar-refractivity contribution in [3.63, 3.8) is 0 Å². The molecule has 2 aliphatic rings. The number of carbonyl (C=O) groups excluding carboxylic acids is 2. The van der Waals surface area contributed by atoms with Gasteiger partial charge < -0.3 is 39.8 Å². The van der Waals surface area contributed by atoms with Gasteiger partial charge >= 0.3 is 24.1 Å². The number of alkyl carbamates (subject to hydrolysis) is 2. The molecule has 4 aromatic heterocycles. The number of nitrogens with zero attached hydrogens (tertiary/aromatic N) is 8. The van der Waals surface area contributed by atoms with Crippen LogP contribution in [-0.2, 0) is 45.7 Å². The Morgan fingerprint density at radius 1 is 0.781 bits per heavy atom. The van der Waals surface area contributed by atoms with Crippen LogP contribution in [0.4, 0.5) is 9.59 Å². The average Bonchev–Trinajstić information content (AvgIpc) is 3.85. The van der Waals surface area contributed by atoms with Crippen LogP contribution in [0.15, 0.2) is 24.3 Å². The second-order valence-electron chi connectivity index (χ2n) is 17.0. The zero-order valence-corrected chi connectivity index (χ0v) is 37.4. The van der Waals surface area contributed by atoms with Crippen molar-refractivity contribution in [3.8, 4) is 34.3 Å². The minimum atomic E-state index is -0.900. The van der Waals surface area contributed by atoms with Gasteiger partial charge in [-0.2, -0.15) is 0 Å². The Morgan fingerprint density at radius 3 is 2.03 bits per heavy atom. The molecule has 0 aromatic carbocycles. The van der Waals surface area contributed by atoms with Crippen molar-refractivity contribution in [1.29, 1.82) is 0 Å². The number of unbranched alkanes of at least 4 members (excludes halogenated alkanes) is 1. The summed E-state index contributed by atoms with van der Waals surface area (Å²) in [6.07, 6.45) is 3.42. The third kappa shape index (κ3) is 12.2. The minimum absolute atomic E-state index is 0.0183. The first-order chi connectivity index (χ1) is 30.7. The van der Waals surface area contributed by atoms with Crippen molar-refractivity contribution < 1.29 is 48.3 Å². The molecule has 2 aliphatic carbocycles. The predicted octanol–water partition coefficient (Wildman–Crippen LogP) is 6.03. The molecule has 2 amide bonds. The molecule has 0 aliphatic heterocycles. The van der Waals surface area contributed by atoms with E-state index in [0.717, 1.165) is 25.7 Å². The van der Waals surface area contributed by atoms with E-state index in [9.17, 15) is 29.4 Å². The predicted molar refractivity (Wildman–Crippen MR) is 230 cm³/mol. The molecule has 20 heteroatoms. The fourth-order valence-electron chi connectivity index (χ4n) is 8.01. The van der Waals surface area contributed by atoms with E-state index >= 15 is 0 Å². The van der Waals surface area contributed by atoms with Gasteiger partial charge in [0.25, 0.3) is 0 Å². The van der Waals surface area contributed by atoms with Crippen molar-refractivity contribution in [1.82, 2.24) is 50.6 Å². The topological polar surface area (TPSA) is 257 Å². The van der Waals surface area contributed by atoms with Crippen LogP contribution in [0, 0.1) is 37.5 Å². The molecule has 0 bridgehead atoms. The first kappa shape index (κ1) is 47.1. The zero-order chi connectivity index (χ0) is 45.9. The number of aromatic nitrogens is 8. The van der Waals surface area contributed by atoms with Crippen LogP contribution < -0.4 is 20.1 Å². The third-order valence-electron chi connectivity index (χ3n) is 11.7. The van der Waals surface area contributed by atoms with Crippen LogP contribution in [0.3, 0.4) is 0 Å². The highest BCUT2D eigenvalue weighted by molar-refractivity contribution is 5.71. The van der Waals surface area contributed by atoms with Crippen molar-refractivity contribution in [3.05, 3.63) is 47.0 Å². The van der Waals surface area contributed by atoms with E-state index in [4.69, 9.17) is 28.9 Å². The number of ether oxygens (including phenoxy) is 4. The molecule has 4 aromatic rings. The summed E-state index contributed by atoms with van der Waals surface area (Å²) < 4.78 is 26.8. The van der Waals surface area contributed by atoms with Crippen LogP contribution in [0.1, 0.15) is 101 Å².